The number of benzene rings is 1. The highest BCUT2D eigenvalue weighted by atomic mass is 16.5. The number of carbonyl (C=O) groups excluding carboxylic acids is 2. The summed E-state index contributed by atoms with van der Waals surface area (Å²) in [5.41, 5.74) is 1.59. The normalized spacial score (nSPS) is 11.0. The maximum atomic E-state index is 11.2. The average molecular weight is 306 g/mol. The minimum Gasteiger partial charge on any atom is -0.460 e. The molecule has 0 fully saturated rings. The van der Waals surface area contributed by atoms with E-state index in [4.69, 9.17) is 10.2 Å². The van der Waals surface area contributed by atoms with Crippen LogP contribution >= 0.6 is 0 Å². The van der Waals surface area contributed by atoms with Crippen LogP contribution in [-0.4, -0.2) is 48.6 Å². The van der Waals surface area contributed by atoms with Crippen molar-refractivity contribution in [2.75, 3.05) is 26.4 Å². The Bertz CT molecular complexity index is 481. The van der Waals surface area contributed by atoms with Crippen molar-refractivity contribution in [2.24, 2.45) is 0 Å². The predicted molar refractivity (Wildman–Crippen MR) is 80.6 cm³/mol. The average Bonchev–Trinajstić information content (AvgIpc) is 2.55. The van der Waals surface area contributed by atoms with Crippen molar-refractivity contribution in [1.29, 1.82) is 0 Å². The van der Waals surface area contributed by atoms with Gasteiger partial charge in [0, 0.05) is 12.2 Å². The molecule has 0 aliphatic rings. The summed E-state index contributed by atoms with van der Waals surface area (Å²) in [4.78, 5) is 22.4. The van der Waals surface area contributed by atoms with Gasteiger partial charge in [-0.15, -0.1) is 0 Å². The van der Waals surface area contributed by atoms with Crippen LogP contribution in [0.3, 0.4) is 0 Å². The van der Waals surface area contributed by atoms with Gasteiger partial charge in [0.05, 0.1) is 13.2 Å². The molecule has 6 heteroatoms. The van der Waals surface area contributed by atoms with Gasteiger partial charge in [-0.2, -0.15) is 0 Å². The van der Waals surface area contributed by atoms with Crippen LogP contribution in [-0.2, 0) is 19.1 Å². The Hall–Kier alpha value is -2.44. The lowest BCUT2D eigenvalue weighted by molar-refractivity contribution is -0.139. The zero-order chi connectivity index (χ0) is 16.2. The molecule has 1 aromatic carbocycles. The van der Waals surface area contributed by atoms with E-state index in [1.54, 1.807) is 36.4 Å². The molecule has 6 nitrogen and oxygen atoms in total. The molecule has 118 valence electrons. The lowest BCUT2D eigenvalue weighted by atomic mass is 10.1. The third-order valence-electron chi connectivity index (χ3n) is 2.43. The molecule has 22 heavy (non-hydrogen) atoms. The number of ether oxygens (including phenoxy) is 2. The molecule has 0 aliphatic heterocycles. The second-order valence-corrected chi connectivity index (χ2v) is 4.12. The third-order valence-corrected chi connectivity index (χ3v) is 2.43. The van der Waals surface area contributed by atoms with Gasteiger partial charge in [-0.25, -0.2) is 9.59 Å². The summed E-state index contributed by atoms with van der Waals surface area (Å²) in [6.07, 6.45) is 5.71. The van der Waals surface area contributed by atoms with Gasteiger partial charge >= 0.3 is 11.9 Å². The lowest BCUT2D eigenvalue weighted by Gasteiger charge is -1.99. The van der Waals surface area contributed by atoms with E-state index in [0.717, 1.165) is 11.1 Å². The van der Waals surface area contributed by atoms with Crippen molar-refractivity contribution in [3.05, 3.63) is 47.5 Å². The molecule has 0 saturated heterocycles. The highest BCUT2D eigenvalue weighted by Gasteiger charge is 1.97. The summed E-state index contributed by atoms with van der Waals surface area (Å²) in [6, 6.07) is 7.09. The van der Waals surface area contributed by atoms with E-state index < -0.39 is 11.9 Å². The largest absolute Gasteiger partial charge is 0.460 e. The molecule has 0 bridgehead atoms. The molecule has 0 aliphatic carbocycles. The minimum absolute atomic E-state index is 0.0285. The number of hydrogen-bond acceptors (Lipinski definition) is 6. The summed E-state index contributed by atoms with van der Waals surface area (Å²) in [7, 11) is 0. The molecule has 0 spiro atoms. The SMILES string of the molecule is O=C(/C=C/c1ccc(/C=C/C(=O)OCCO)cc1)OCCO. The van der Waals surface area contributed by atoms with Crippen molar-refractivity contribution in [2.45, 2.75) is 0 Å². The molecule has 2 N–H and O–H groups in total. The summed E-state index contributed by atoms with van der Waals surface area (Å²) in [5.74, 6) is -1.05. The highest BCUT2D eigenvalue weighted by molar-refractivity contribution is 5.88. The second kappa shape index (κ2) is 10.3. The van der Waals surface area contributed by atoms with E-state index in [2.05, 4.69) is 9.47 Å². The smallest absolute Gasteiger partial charge is 0.330 e. The molecule has 0 radical (unpaired) electrons. The number of rotatable bonds is 8. The van der Waals surface area contributed by atoms with Gasteiger partial charge < -0.3 is 19.7 Å². The number of aliphatic hydroxyl groups excluding tert-OH is 2. The minimum atomic E-state index is -0.523. The Labute approximate surface area is 128 Å². The van der Waals surface area contributed by atoms with Crippen LogP contribution in [0.4, 0.5) is 0 Å². The lowest BCUT2D eigenvalue weighted by Crippen LogP contribution is -2.05. The predicted octanol–water partition coefficient (Wildman–Crippen LogP) is 0.784. The standard InChI is InChI=1S/C16H18O6/c17-9-11-21-15(19)7-5-13-1-2-14(4-3-13)6-8-16(20)22-12-10-18/h1-8,17-18H,9-12H2/b7-5+,8-6+. The quantitative estimate of drug-likeness (QED) is 0.545. The fourth-order valence-corrected chi connectivity index (χ4v) is 1.44. The Morgan fingerprint density at radius 1 is 0.818 bits per heavy atom. The van der Waals surface area contributed by atoms with Crippen LogP contribution < -0.4 is 0 Å². The van der Waals surface area contributed by atoms with E-state index >= 15 is 0 Å². The van der Waals surface area contributed by atoms with E-state index in [-0.39, 0.29) is 26.4 Å². The van der Waals surface area contributed by atoms with E-state index in [0.29, 0.717) is 0 Å². The van der Waals surface area contributed by atoms with Crippen molar-refractivity contribution < 1.29 is 29.3 Å². The van der Waals surface area contributed by atoms with Gasteiger partial charge in [-0.3, -0.25) is 0 Å². The molecule has 0 unspecified atom stereocenters. The van der Waals surface area contributed by atoms with Crippen molar-refractivity contribution >= 4 is 24.1 Å². The molecular formula is C16H18O6. The summed E-state index contributed by atoms with van der Waals surface area (Å²) in [6.45, 7) is -0.471. The molecule has 0 aromatic heterocycles. The molecule has 0 saturated carbocycles. The van der Waals surface area contributed by atoms with Crippen molar-refractivity contribution in [3.8, 4) is 0 Å². The highest BCUT2D eigenvalue weighted by Crippen LogP contribution is 2.08. The first-order valence-corrected chi connectivity index (χ1v) is 6.67. The maximum Gasteiger partial charge on any atom is 0.330 e. The Morgan fingerprint density at radius 2 is 1.18 bits per heavy atom. The summed E-state index contributed by atoms with van der Waals surface area (Å²) >= 11 is 0. The molecule has 1 rings (SSSR count). The number of hydrogen-bond donors (Lipinski definition) is 2. The van der Waals surface area contributed by atoms with Gasteiger partial charge in [-0.1, -0.05) is 24.3 Å². The maximum absolute atomic E-state index is 11.2. The van der Waals surface area contributed by atoms with Crippen molar-refractivity contribution in [3.63, 3.8) is 0 Å². The fourth-order valence-electron chi connectivity index (χ4n) is 1.44. The van der Waals surface area contributed by atoms with Crippen LogP contribution in [0.1, 0.15) is 11.1 Å². The van der Waals surface area contributed by atoms with Gasteiger partial charge in [-0.05, 0) is 23.3 Å². The Balaban J connectivity index is 2.52. The van der Waals surface area contributed by atoms with Crippen LogP contribution in [0.15, 0.2) is 36.4 Å². The number of aliphatic hydroxyl groups is 2. The molecule has 1 aromatic rings. The van der Waals surface area contributed by atoms with Gasteiger partial charge in [0.25, 0.3) is 0 Å². The van der Waals surface area contributed by atoms with Crippen molar-refractivity contribution in [1.82, 2.24) is 0 Å². The number of esters is 2. The van der Waals surface area contributed by atoms with E-state index in [9.17, 15) is 9.59 Å². The summed E-state index contributed by atoms with van der Waals surface area (Å²) in [5, 5.41) is 17.0. The monoisotopic (exact) mass is 306 g/mol. The Morgan fingerprint density at radius 3 is 1.50 bits per heavy atom. The zero-order valence-electron chi connectivity index (χ0n) is 12.0. The van der Waals surface area contributed by atoms with Crippen LogP contribution in [0, 0.1) is 0 Å². The van der Waals surface area contributed by atoms with Crippen LogP contribution in [0.2, 0.25) is 0 Å². The van der Waals surface area contributed by atoms with Gasteiger partial charge in [0.1, 0.15) is 13.2 Å². The zero-order valence-corrected chi connectivity index (χ0v) is 12.0. The molecule has 0 atom stereocenters. The van der Waals surface area contributed by atoms with Crippen LogP contribution in [0.25, 0.3) is 12.2 Å². The molecule has 0 heterocycles. The fraction of sp³-hybridized carbons (Fsp3) is 0.250. The first-order chi connectivity index (χ1) is 10.7. The van der Waals surface area contributed by atoms with E-state index in [1.807, 2.05) is 0 Å². The third kappa shape index (κ3) is 7.37. The van der Waals surface area contributed by atoms with E-state index in [1.165, 1.54) is 12.2 Å². The first-order valence-electron chi connectivity index (χ1n) is 6.67. The first kappa shape index (κ1) is 17.6. The second-order valence-electron chi connectivity index (χ2n) is 4.12. The Kier molecular flexibility index (Phi) is 8.25. The summed E-state index contributed by atoms with van der Waals surface area (Å²) < 4.78 is 9.36. The van der Waals surface area contributed by atoms with Gasteiger partial charge in [0.2, 0.25) is 0 Å². The van der Waals surface area contributed by atoms with Crippen LogP contribution in [0.5, 0.6) is 0 Å². The number of carbonyl (C=O) groups is 2. The van der Waals surface area contributed by atoms with Gasteiger partial charge in [0.15, 0.2) is 0 Å². The topological polar surface area (TPSA) is 93.1 Å². The molecular weight excluding hydrogens is 288 g/mol. The molecule has 0 amide bonds.